The maximum atomic E-state index is 11.0. The van der Waals surface area contributed by atoms with Gasteiger partial charge in [-0.3, -0.25) is 14.5 Å². The van der Waals surface area contributed by atoms with Crippen molar-refractivity contribution in [1.29, 1.82) is 0 Å². The first kappa shape index (κ1) is 13.2. The van der Waals surface area contributed by atoms with Gasteiger partial charge in [-0.1, -0.05) is 12.1 Å². The van der Waals surface area contributed by atoms with Crippen LogP contribution in [-0.2, 0) is 11.3 Å². The quantitative estimate of drug-likeness (QED) is 0.787. The number of nitrogens with zero attached hydrogens (tertiary/aromatic N) is 1. The number of likely N-dealkylation sites (N-methyl/N-ethyl adjacent to an activating group) is 1. The molecule has 0 radical (unpaired) electrons. The van der Waals surface area contributed by atoms with Gasteiger partial charge in [-0.05, 0) is 31.7 Å². The van der Waals surface area contributed by atoms with E-state index in [1.54, 1.807) is 37.1 Å². The molecule has 0 spiro atoms. The third-order valence-corrected chi connectivity index (χ3v) is 2.66. The van der Waals surface area contributed by atoms with E-state index in [0.717, 1.165) is 5.56 Å². The first-order chi connectivity index (χ1) is 7.91. The number of aliphatic carboxylic acids is 1. The number of benzene rings is 1. The average Bonchev–Trinajstić information content (AvgIpc) is 2.28. The molecule has 0 saturated heterocycles. The highest BCUT2D eigenvalue weighted by Gasteiger charge is 2.16. The normalized spacial score (nSPS) is 12.4. The van der Waals surface area contributed by atoms with Crippen LogP contribution in [0.1, 0.15) is 22.8 Å². The molecular weight excluding hydrogens is 220 g/mol. The molecular formula is C12H16N2O3. The number of carbonyl (C=O) groups excluding carboxylic acids is 1. The van der Waals surface area contributed by atoms with Crippen LogP contribution in [0, 0.1) is 0 Å². The molecule has 0 aliphatic heterocycles. The van der Waals surface area contributed by atoms with Crippen LogP contribution < -0.4 is 5.73 Å². The number of carbonyl (C=O) groups is 2. The molecule has 1 aromatic carbocycles. The van der Waals surface area contributed by atoms with E-state index < -0.39 is 17.9 Å². The van der Waals surface area contributed by atoms with Crippen molar-refractivity contribution in [1.82, 2.24) is 4.90 Å². The van der Waals surface area contributed by atoms with Gasteiger partial charge in [0.1, 0.15) is 6.04 Å². The van der Waals surface area contributed by atoms with Gasteiger partial charge in [-0.25, -0.2) is 0 Å². The minimum Gasteiger partial charge on any atom is -0.480 e. The Labute approximate surface area is 99.8 Å². The van der Waals surface area contributed by atoms with Crippen molar-refractivity contribution < 1.29 is 14.7 Å². The lowest BCUT2D eigenvalue weighted by atomic mass is 10.1. The molecule has 1 unspecified atom stereocenters. The summed E-state index contributed by atoms with van der Waals surface area (Å²) in [6.07, 6.45) is 0. The maximum Gasteiger partial charge on any atom is 0.320 e. The SMILES string of the molecule is CC(C(=O)O)N(C)Cc1cccc(C(N)=O)c1. The Bertz CT molecular complexity index is 432. The van der Waals surface area contributed by atoms with Crippen molar-refractivity contribution in [2.75, 3.05) is 7.05 Å². The van der Waals surface area contributed by atoms with Gasteiger partial charge in [-0.15, -0.1) is 0 Å². The second-order valence-corrected chi connectivity index (χ2v) is 3.99. The van der Waals surface area contributed by atoms with Crippen LogP contribution in [0.15, 0.2) is 24.3 Å². The molecule has 0 fully saturated rings. The van der Waals surface area contributed by atoms with Gasteiger partial charge < -0.3 is 10.8 Å². The van der Waals surface area contributed by atoms with E-state index >= 15 is 0 Å². The number of hydrogen-bond acceptors (Lipinski definition) is 3. The van der Waals surface area contributed by atoms with Gasteiger partial charge in [0.15, 0.2) is 0 Å². The largest absolute Gasteiger partial charge is 0.480 e. The summed E-state index contributed by atoms with van der Waals surface area (Å²) in [4.78, 5) is 23.5. The van der Waals surface area contributed by atoms with Crippen LogP contribution in [0.5, 0.6) is 0 Å². The fourth-order valence-electron chi connectivity index (χ4n) is 1.44. The topological polar surface area (TPSA) is 83.6 Å². The van der Waals surface area contributed by atoms with E-state index in [2.05, 4.69) is 0 Å². The molecule has 3 N–H and O–H groups in total. The summed E-state index contributed by atoms with van der Waals surface area (Å²) in [5, 5.41) is 8.86. The lowest BCUT2D eigenvalue weighted by molar-refractivity contribution is -0.142. The summed E-state index contributed by atoms with van der Waals surface area (Å²) in [7, 11) is 1.72. The third kappa shape index (κ3) is 3.57. The standard InChI is InChI=1S/C12H16N2O3/c1-8(12(16)17)14(2)7-9-4-3-5-10(6-9)11(13)15/h3-6,8H,7H2,1-2H3,(H2,13,15)(H,16,17). The van der Waals surface area contributed by atoms with Gasteiger partial charge >= 0.3 is 5.97 Å². The molecule has 1 aromatic rings. The predicted molar refractivity (Wildman–Crippen MR) is 63.5 cm³/mol. The van der Waals surface area contributed by atoms with E-state index in [1.807, 2.05) is 6.07 Å². The van der Waals surface area contributed by atoms with Crippen LogP contribution in [0.25, 0.3) is 0 Å². The molecule has 92 valence electrons. The second-order valence-electron chi connectivity index (χ2n) is 3.99. The molecule has 0 bridgehead atoms. The molecule has 5 heteroatoms. The minimum atomic E-state index is -0.876. The molecule has 0 aliphatic carbocycles. The zero-order valence-corrected chi connectivity index (χ0v) is 9.88. The zero-order chi connectivity index (χ0) is 13.0. The second kappa shape index (κ2) is 5.45. The van der Waals surface area contributed by atoms with Crippen molar-refractivity contribution in [3.05, 3.63) is 35.4 Å². The van der Waals surface area contributed by atoms with Gasteiger partial charge in [-0.2, -0.15) is 0 Å². The van der Waals surface area contributed by atoms with Crippen LogP contribution >= 0.6 is 0 Å². The highest BCUT2D eigenvalue weighted by Crippen LogP contribution is 2.09. The van der Waals surface area contributed by atoms with E-state index in [9.17, 15) is 9.59 Å². The fraction of sp³-hybridized carbons (Fsp3) is 0.333. The average molecular weight is 236 g/mol. The van der Waals surface area contributed by atoms with Gasteiger partial charge in [0.05, 0.1) is 0 Å². The van der Waals surface area contributed by atoms with E-state index in [4.69, 9.17) is 10.8 Å². The number of primary amides is 1. The molecule has 0 heterocycles. The summed E-state index contributed by atoms with van der Waals surface area (Å²) < 4.78 is 0. The van der Waals surface area contributed by atoms with Crippen molar-refractivity contribution in [3.63, 3.8) is 0 Å². The van der Waals surface area contributed by atoms with Crippen molar-refractivity contribution in [3.8, 4) is 0 Å². The Kier molecular flexibility index (Phi) is 4.23. The van der Waals surface area contributed by atoms with Crippen LogP contribution in [0.3, 0.4) is 0 Å². The summed E-state index contributed by atoms with van der Waals surface area (Å²) in [5.41, 5.74) is 6.46. The number of hydrogen-bond donors (Lipinski definition) is 2. The van der Waals surface area contributed by atoms with Crippen molar-refractivity contribution in [2.45, 2.75) is 19.5 Å². The molecule has 0 saturated carbocycles. The third-order valence-electron chi connectivity index (χ3n) is 2.66. The zero-order valence-electron chi connectivity index (χ0n) is 9.88. The van der Waals surface area contributed by atoms with Gasteiger partial charge in [0, 0.05) is 12.1 Å². The Morgan fingerprint density at radius 2 is 2.12 bits per heavy atom. The monoisotopic (exact) mass is 236 g/mol. The Morgan fingerprint density at radius 1 is 1.47 bits per heavy atom. The molecule has 5 nitrogen and oxygen atoms in total. The Hall–Kier alpha value is -1.88. The number of carboxylic acid groups (broad SMARTS) is 1. The molecule has 1 amide bonds. The maximum absolute atomic E-state index is 11.0. The van der Waals surface area contributed by atoms with Crippen LogP contribution in [0.4, 0.5) is 0 Å². The van der Waals surface area contributed by atoms with E-state index in [1.165, 1.54) is 0 Å². The predicted octanol–water partition coefficient (Wildman–Crippen LogP) is 0.690. The number of carboxylic acids is 1. The van der Waals surface area contributed by atoms with Crippen molar-refractivity contribution >= 4 is 11.9 Å². The highest BCUT2D eigenvalue weighted by atomic mass is 16.4. The molecule has 1 rings (SSSR count). The van der Waals surface area contributed by atoms with Crippen molar-refractivity contribution in [2.24, 2.45) is 5.73 Å². The van der Waals surface area contributed by atoms with E-state index in [-0.39, 0.29) is 0 Å². The summed E-state index contributed by atoms with van der Waals surface area (Å²) in [6.45, 7) is 2.06. The fourth-order valence-corrected chi connectivity index (χ4v) is 1.44. The van der Waals surface area contributed by atoms with Gasteiger partial charge in [0.25, 0.3) is 0 Å². The number of amides is 1. The van der Waals surface area contributed by atoms with Crippen LogP contribution in [0.2, 0.25) is 0 Å². The first-order valence-corrected chi connectivity index (χ1v) is 5.23. The summed E-state index contributed by atoms with van der Waals surface area (Å²) >= 11 is 0. The first-order valence-electron chi connectivity index (χ1n) is 5.23. The highest BCUT2D eigenvalue weighted by molar-refractivity contribution is 5.92. The minimum absolute atomic E-state index is 0.430. The van der Waals surface area contributed by atoms with Crippen LogP contribution in [-0.4, -0.2) is 35.0 Å². The molecule has 1 atom stereocenters. The molecule has 17 heavy (non-hydrogen) atoms. The summed E-state index contributed by atoms with van der Waals surface area (Å²) in [6, 6.07) is 6.29. The Balaban J connectivity index is 2.78. The molecule has 0 aliphatic rings. The lowest BCUT2D eigenvalue weighted by Gasteiger charge is -2.21. The molecule has 0 aromatic heterocycles. The smallest absolute Gasteiger partial charge is 0.320 e. The number of rotatable bonds is 5. The van der Waals surface area contributed by atoms with Gasteiger partial charge in [0.2, 0.25) is 5.91 Å². The lowest BCUT2D eigenvalue weighted by Crippen LogP contribution is -2.35. The summed E-state index contributed by atoms with van der Waals surface area (Å²) in [5.74, 6) is -1.36. The van der Waals surface area contributed by atoms with E-state index in [0.29, 0.717) is 12.1 Å². The number of nitrogens with two attached hydrogens (primary N) is 1. The Morgan fingerprint density at radius 3 is 2.65 bits per heavy atom.